The van der Waals surface area contributed by atoms with Gasteiger partial charge in [-0.3, -0.25) is 19.7 Å². The Balaban J connectivity index is 1.73. The highest BCUT2D eigenvalue weighted by atomic mass is 32.2. The summed E-state index contributed by atoms with van der Waals surface area (Å²) >= 11 is 1.45. The van der Waals surface area contributed by atoms with Gasteiger partial charge in [0.25, 0.3) is 5.69 Å². The largest absolute Gasteiger partial charge is 0.494 e. The van der Waals surface area contributed by atoms with Gasteiger partial charge in [0, 0.05) is 15.9 Å². The van der Waals surface area contributed by atoms with Gasteiger partial charge >= 0.3 is 11.8 Å². The van der Waals surface area contributed by atoms with E-state index in [1.54, 1.807) is 12.1 Å². The van der Waals surface area contributed by atoms with E-state index in [9.17, 15) is 19.7 Å². The monoisotopic (exact) mass is 423 g/mol. The molecule has 3 aromatic rings. The molecule has 0 aromatic heterocycles. The number of carbonyl (C=O) groups excluding carboxylic acids is 2. The van der Waals surface area contributed by atoms with Crippen LogP contribution >= 0.6 is 11.8 Å². The van der Waals surface area contributed by atoms with Crippen LogP contribution < -0.4 is 15.4 Å². The third-order valence-corrected chi connectivity index (χ3v) is 5.04. The molecule has 0 heterocycles. The molecule has 0 aliphatic rings. The highest BCUT2D eigenvalue weighted by Gasteiger charge is 2.19. The molecule has 30 heavy (non-hydrogen) atoms. The summed E-state index contributed by atoms with van der Waals surface area (Å²) in [6, 6.07) is 20.4. The zero-order valence-electron chi connectivity index (χ0n) is 15.8. The lowest BCUT2D eigenvalue weighted by Gasteiger charge is -2.12. The first kappa shape index (κ1) is 20.9. The van der Waals surface area contributed by atoms with Crippen molar-refractivity contribution < 1.29 is 19.2 Å². The second-order valence-corrected chi connectivity index (χ2v) is 7.08. The molecule has 2 amide bonds. The lowest BCUT2D eigenvalue weighted by molar-refractivity contribution is -0.384. The van der Waals surface area contributed by atoms with Crippen LogP contribution in [0.3, 0.4) is 0 Å². The normalized spacial score (nSPS) is 10.2. The molecule has 0 unspecified atom stereocenters. The van der Waals surface area contributed by atoms with Gasteiger partial charge in [0.05, 0.1) is 29.5 Å². The topological polar surface area (TPSA) is 111 Å². The number of nitro benzene ring substituents is 1. The van der Waals surface area contributed by atoms with Crippen LogP contribution in [0, 0.1) is 10.1 Å². The molecule has 0 saturated heterocycles. The van der Waals surface area contributed by atoms with E-state index in [4.69, 9.17) is 4.74 Å². The molecular weight excluding hydrogens is 406 g/mol. The van der Waals surface area contributed by atoms with Gasteiger partial charge in [0.15, 0.2) is 0 Å². The smallest absolute Gasteiger partial charge is 0.314 e. The van der Waals surface area contributed by atoms with Crippen LogP contribution in [0.2, 0.25) is 0 Å². The minimum absolute atomic E-state index is 0.0744. The van der Waals surface area contributed by atoms with E-state index in [1.165, 1.54) is 37.1 Å². The summed E-state index contributed by atoms with van der Waals surface area (Å²) in [5.41, 5.74) is 0.443. The predicted molar refractivity (Wildman–Crippen MR) is 114 cm³/mol. The van der Waals surface area contributed by atoms with Gasteiger partial charge in [-0.25, -0.2) is 0 Å². The first-order valence-electron chi connectivity index (χ1n) is 8.74. The Bertz CT molecular complexity index is 1090. The van der Waals surface area contributed by atoms with Gasteiger partial charge < -0.3 is 15.4 Å². The molecule has 3 rings (SSSR count). The Labute approximate surface area is 176 Å². The SMILES string of the molecule is COc1cc([N+](=O)[O-])ccc1NC(=O)C(=O)Nc1ccccc1Sc1ccccc1. The molecule has 0 spiro atoms. The minimum atomic E-state index is -0.929. The molecule has 8 nitrogen and oxygen atoms in total. The van der Waals surface area contributed by atoms with Gasteiger partial charge in [0.1, 0.15) is 5.75 Å². The van der Waals surface area contributed by atoms with E-state index in [-0.39, 0.29) is 17.1 Å². The number of non-ortho nitro benzene ring substituents is 1. The Hall–Kier alpha value is -3.85. The average molecular weight is 423 g/mol. The van der Waals surface area contributed by atoms with Crippen LogP contribution in [0.1, 0.15) is 0 Å². The maximum Gasteiger partial charge on any atom is 0.314 e. The number of amides is 2. The van der Waals surface area contributed by atoms with Crippen molar-refractivity contribution in [1.29, 1.82) is 0 Å². The first-order chi connectivity index (χ1) is 14.5. The van der Waals surface area contributed by atoms with E-state index in [1.807, 2.05) is 42.5 Å². The molecule has 0 atom stereocenters. The van der Waals surface area contributed by atoms with Crippen LogP contribution in [-0.4, -0.2) is 23.8 Å². The minimum Gasteiger partial charge on any atom is -0.494 e. The number of benzene rings is 3. The molecule has 3 aromatic carbocycles. The Morgan fingerprint density at radius 2 is 1.53 bits per heavy atom. The molecule has 0 aliphatic heterocycles. The molecule has 0 radical (unpaired) electrons. The number of nitro groups is 1. The van der Waals surface area contributed by atoms with Crippen molar-refractivity contribution in [2.75, 3.05) is 17.7 Å². The standard InChI is InChI=1S/C21H17N3O5S/c1-29-18-13-14(24(27)28)11-12-16(18)22-20(25)21(26)23-17-9-5-6-10-19(17)30-15-7-3-2-4-8-15/h2-13H,1H3,(H,22,25)(H,23,26). The number of methoxy groups -OCH3 is 1. The van der Waals surface area contributed by atoms with Crippen LogP contribution in [0.5, 0.6) is 5.75 Å². The highest BCUT2D eigenvalue weighted by molar-refractivity contribution is 7.99. The fourth-order valence-corrected chi connectivity index (χ4v) is 3.45. The lowest BCUT2D eigenvalue weighted by Crippen LogP contribution is -2.29. The molecule has 152 valence electrons. The van der Waals surface area contributed by atoms with Gasteiger partial charge in [-0.2, -0.15) is 0 Å². The maximum atomic E-state index is 12.4. The molecule has 9 heteroatoms. The van der Waals surface area contributed by atoms with E-state index < -0.39 is 16.7 Å². The van der Waals surface area contributed by atoms with Crippen molar-refractivity contribution in [3.05, 3.63) is 82.9 Å². The van der Waals surface area contributed by atoms with Crippen LogP contribution in [0.4, 0.5) is 17.1 Å². The number of anilines is 2. The summed E-state index contributed by atoms with van der Waals surface area (Å²) in [4.78, 5) is 36.8. The summed E-state index contributed by atoms with van der Waals surface area (Å²) in [7, 11) is 1.31. The Kier molecular flexibility index (Phi) is 6.66. The number of carbonyl (C=O) groups is 2. The number of nitrogens with zero attached hydrogens (tertiary/aromatic N) is 1. The van der Waals surface area contributed by atoms with Crippen LogP contribution in [-0.2, 0) is 9.59 Å². The van der Waals surface area contributed by atoms with Gasteiger partial charge in [-0.05, 0) is 30.3 Å². The van der Waals surface area contributed by atoms with E-state index in [0.29, 0.717) is 5.69 Å². The molecule has 0 saturated carbocycles. The molecule has 0 fully saturated rings. The third-order valence-electron chi connectivity index (χ3n) is 3.96. The van der Waals surface area contributed by atoms with Crippen molar-refractivity contribution in [3.63, 3.8) is 0 Å². The number of ether oxygens (including phenoxy) is 1. The Morgan fingerprint density at radius 1 is 0.900 bits per heavy atom. The number of nitrogens with one attached hydrogen (secondary N) is 2. The van der Waals surface area contributed by atoms with Crippen molar-refractivity contribution in [2.24, 2.45) is 0 Å². The van der Waals surface area contributed by atoms with Crippen molar-refractivity contribution >= 4 is 40.6 Å². The fourth-order valence-electron chi connectivity index (χ4n) is 2.53. The van der Waals surface area contributed by atoms with Crippen LogP contribution in [0.15, 0.2) is 82.6 Å². The summed E-state index contributed by atoms with van der Waals surface area (Å²) in [6.07, 6.45) is 0. The molecule has 0 bridgehead atoms. The summed E-state index contributed by atoms with van der Waals surface area (Å²) in [5.74, 6) is -1.73. The zero-order chi connectivity index (χ0) is 21.5. The van der Waals surface area contributed by atoms with E-state index >= 15 is 0 Å². The lowest BCUT2D eigenvalue weighted by atomic mass is 10.2. The quantitative estimate of drug-likeness (QED) is 0.347. The summed E-state index contributed by atoms with van der Waals surface area (Å²) in [6.45, 7) is 0. The van der Waals surface area contributed by atoms with E-state index in [0.717, 1.165) is 9.79 Å². The number of hydrogen-bond acceptors (Lipinski definition) is 6. The molecule has 2 N–H and O–H groups in total. The number of hydrogen-bond donors (Lipinski definition) is 2. The number of rotatable bonds is 6. The van der Waals surface area contributed by atoms with Crippen molar-refractivity contribution in [2.45, 2.75) is 9.79 Å². The molecular formula is C21H17N3O5S. The van der Waals surface area contributed by atoms with E-state index in [2.05, 4.69) is 10.6 Å². The second-order valence-electron chi connectivity index (χ2n) is 5.96. The predicted octanol–water partition coefficient (Wildman–Crippen LogP) is 4.33. The Morgan fingerprint density at radius 3 is 2.20 bits per heavy atom. The zero-order valence-corrected chi connectivity index (χ0v) is 16.6. The van der Waals surface area contributed by atoms with Crippen LogP contribution in [0.25, 0.3) is 0 Å². The average Bonchev–Trinajstić information content (AvgIpc) is 2.75. The fraction of sp³-hybridized carbons (Fsp3) is 0.0476. The van der Waals surface area contributed by atoms with Gasteiger partial charge in [-0.1, -0.05) is 42.1 Å². The second kappa shape index (κ2) is 9.57. The van der Waals surface area contributed by atoms with Gasteiger partial charge in [0.2, 0.25) is 0 Å². The molecule has 0 aliphatic carbocycles. The van der Waals surface area contributed by atoms with Gasteiger partial charge in [-0.15, -0.1) is 0 Å². The maximum absolute atomic E-state index is 12.4. The number of para-hydroxylation sites is 1. The highest BCUT2D eigenvalue weighted by Crippen LogP contribution is 2.33. The summed E-state index contributed by atoms with van der Waals surface area (Å²) in [5, 5.41) is 15.9. The first-order valence-corrected chi connectivity index (χ1v) is 9.56. The van der Waals surface area contributed by atoms with Crippen molar-refractivity contribution in [3.8, 4) is 5.75 Å². The third kappa shape index (κ3) is 5.15. The summed E-state index contributed by atoms with van der Waals surface area (Å²) < 4.78 is 5.07. The van der Waals surface area contributed by atoms with Crippen molar-refractivity contribution in [1.82, 2.24) is 0 Å².